The molecule has 1 amide bonds. The number of nitrogens with zero attached hydrogens (tertiary/aromatic N) is 1. The van der Waals surface area contributed by atoms with Crippen LogP contribution < -0.4 is 10.6 Å². The van der Waals surface area contributed by atoms with Crippen molar-refractivity contribution in [1.29, 1.82) is 0 Å². The SMILES string of the molecule is CN(C)Cc1cc(CNC(=O)C2(S(C)(=O)=O)CCNCC2)ccc1F. The molecule has 0 saturated carbocycles. The fraction of sp³-hybridized carbons (Fsp3) is 0.588. The van der Waals surface area contributed by atoms with E-state index in [1.807, 2.05) is 19.0 Å². The van der Waals surface area contributed by atoms with Gasteiger partial charge in [-0.25, -0.2) is 12.8 Å². The molecular formula is C17H26FN3O3S. The summed E-state index contributed by atoms with van der Waals surface area (Å²) in [5, 5.41) is 5.82. The Bertz CT molecular complexity index is 729. The predicted molar refractivity (Wildman–Crippen MR) is 95.3 cm³/mol. The summed E-state index contributed by atoms with van der Waals surface area (Å²) in [6.07, 6.45) is 1.63. The van der Waals surface area contributed by atoms with Gasteiger partial charge in [0.05, 0.1) is 0 Å². The molecule has 1 aliphatic heterocycles. The first-order valence-corrected chi connectivity index (χ1v) is 10.2. The second-order valence-corrected chi connectivity index (χ2v) is 9.19. The minimum Gasteiger partial charge on any atom is -0.351 e. The fourth-order valence-electron chi connectivity index (χ4n) is 3.14. The Hall–Kier alpha value is -1.51. The maximum absolute atomic E-state index is 13.8. The summed E-state index contributed by atoms with van der Waals surface area (Å²) in [7, 11) is 0.156. The molecule has 0 spiro atoms. The van der Waals surface area contributed by atoms with Gasteiger partial charge in [-0.3, -0.25) is 4.79 Å². The summed E-state index contributed by atoms with van der Waals surface area (Å²) < 4.78 is 36.9. The summed E-state index contributed by atoms with van der Waals surface area (Å²) in [6.45, 7) is 1.60. The number of amides is 1. The lowest BCUT2D eigenvalue weighted by molar-refractivity contribution is -0.124. The zero-order valence-corrected chi connectivity index (χ0v) is 15.7. The van der Waals surface area contributed by atoms with Crippen molar-refractivity contribution in [2.24, 2.45) is 0 Å². The number of hydrogen-bond acceptors (Lipinski definition) is 5. The van der Waals surface area contributed by atoms with E-state index in [-0.39, 0.29) is 25.2 Å². The molecule has 1 fully saturated rings. The van der Waals surface area contributed by atoms with E-state index in [4.69, 9.17) is 0 Å². The van der Waals surface area contributed by atoms with Crippen molar-refractivity contribution < 1.29 is 17.6 Å². The Kier molecular flexibility index (Phi) is 6.18. The molecule has 0 bridgehead atoms. The van der Waals surface area contributed by atoms with Gasteiger partial charge in [0.15, 0.2) is 14.6 Å². The van der Waals surface area contributed by atoms with Crippen LogP contribution in [-0.2, 0) is 27.7 Å². The van der Waals surface area contributed by atoms with Gasteiger partial charge in [0, 0.05) is 24.9 Å². The van der Waals surface area contributed by atoms with Crippen molar-refractivity contribution >= 4 is 15.7 Å². The minimum atomic E-state index is -3.54. The van der Waals surface area contributed by atoms with E-state index in [1.165, 1.54) is 6.07 Å². The highest BCUT2D eigenvalue weighted by molar-refractivity contribution is 7.92. The van der Waals surface area contributed by atoms with E-state index in [1.54, 1.807) is 12.1 Å². The van der Waals surface area contributed by atoms with Gasteiger partial charge < -0.3 is 15.5 Å². The summed E-state index contributed by atoms with van der Waals surface area (Å²) in [5.41, 5.74) is 1.28. The molecule has 25 heavy (non-hydrogen) atoms. The normalized spacial score (nSPS) is 17.5. The first kappa shape index (κ1) is 19.8. The zero-order valence-electron chi connectivity index (χ0n) is 14.9. The smallest absolute Gasteiger partial charge is 0.241 e. The van der Waals surface area contributed by atoms with Crippen LogP contribution >= 0.6 is 0 Å². The van der Waals surface area contributed by atoms with Gasteiger partial charge in [-0.15, -0.1) is 0 Å². The Morgan fingerprint density at radius 3 is 2.52 bits per heavy atom. The molecule has 0 atom stereocenters. The van der Waals surface area contributed by atoms with Gasteiger partial charge in [-0.2, -0.15) is 0 Å². The van der Waals surface area contributed by atoms with Crippen LogP contribution in [0.3, 0.4) is 0 Å². The molecule has 1 aliphatic rings. The molecule has 6 nitrogen and oxygen atoms in total. The minimum absolute atomic E-state index is 0.171. The molecule has 1 aromatic rings. The lowest BCUT2D eigenvalue weighted by atomic mass is 9.95. The first-order chi connectivity index (χ1) is 11.7. The van der Waals surface area contributed by atoms with Gasteiger partial charge in [0.2, 0.25) is 5.91 Å². The number of rotatable bonds is 6. The third-order valence-electron chi connectivity index (χ3n) is 4.58. The van der Waals surface area contributed by atoms with Crippen LogP contribution in [0.1, 0.15) is 24.0 Å². The molecule has 0 unspecified atom stereocenters. The van der Waals surface area contributed by atoms with Crippen LogP contribution in [0.5, 0.6) is 0 Å². The second kappa shape index (κ2) is 7.80. The highest BCUT2D eigenvalue weighted by atomic mass is 32.2. The quantitative estimate of drug-likeness (QED) is 0.769. The lowest BCUT2D eigenvalue weighted by Gasteiger charge is -2.34. The van der Waals surface area contributed by atoms with E-state index < -0.39 is 20.5 Å². The van der Waals surface area contributed by atoms with E-state index in [0.29, 0.717) is 25.2 Å². The number of piperidine rings is 1. The number of halogens is 1. The number of nitrogens with one attached hydrogen (secondary N) is 2. The Morgan fingerprint density at radius 1 is 1.32 bits per heavy atom. The number of benzene rings is 1. The van der Waals surface area contributed by atoms with Crippen molar-refractivity contribution in [1.82, 2.24) is 15.5 Å². The number of sulfone groups is 1. The standard InChI is InChI=1S/C17H26FN3O3S/c1-21(2)12-14-10-13(4-5-15(14)18)11-20-16(22)17(25(3,23)24)6-8-19-9-7-17/h4-5,10,19H,6-9,11-12H2,1-3H3,(H,20,22). The summed E-state index contributed by atoms with van der Waals surface area (Å²) >= 11 is 0. The molecule has 0 radical (unpaired) electrons. The average molecular weight is 371 g/mol. The van der Waals surface area contributed by atoms with Gasteiger partial charge in [-0.05, 0) is 57.7 Å². The second-order valence-electron chi connectivity index (χ2n) is 6.86. The summed E-state index contributed by atoms with van der Waals surface area (Å²) in [5.74, 6) is -0.773. The van der Waals surface area contributed by atoms with Crippen molar-refractivity contribution in [3.8, 4) is 0 Å². The van der Waals surface area contributed by atoms with Crippen LogP contribution in [-0.4, -0.2) is 57.4 Å². The van der Waals surface area contributed by atoms with E-state index in [2.05, 4.69) is 10.6 Å². The Labute approximate surface area is 148 Å². The molecule has 0 aliphatic carbocycles. The predicted octanol–water partition coefficient (Wildman–Crippen LogP) is 0.670. The monoisotopic (exact) mass is 371 g/mol. The highest BCUT2D eigenvalue weighted by Crippen LogP contribution is 2.28. The van der Waals surface area contributed by atoms with Crippen LogP contribution in [0, 0.1) is 5.82 Å². The van der Waals surface area contributed by atoms with Crippen LogP contribution in [0.15, 0.2) is 18.2 Å². The molecule has 2 rings (SSSR count). The molecule has 2 N–H and O–H groups in total. The summed E-state index contributed by atoms with van der Waals surface area (Å²) in [6, 6.07) is 4.67. The average Bonchev–Trinajstić information content (AvgIpc) is 2.54. The van der Waals surface area contributed by atoms with E-state index >= 15 is 0 Å². The Morgan fingerprint density at radius 2 is 1.96 bits per heavy atom. The first-order valence-electron chi connectivity index (χ1n) is 8.26. The Balaban J connectivity index is 2.13. The number of carbonyl (C=O) groups is 1. The van der Waals surface area contributed by atoms with Crippen molar-refractivity contribution in [3.63, 3.8) is 0 Å². The molecule has 0 aromatic heterocycles. The van der Waals surface area contributed by atoms with Gasteiger partial charge in [-0.1, -0.05) is 6.07 Å². The topological polar surface area (TPSA) is 78.5 Å². The van der Waals surface area contributed by atoms with Crippen LogP contribution in [0.25, 0.3) is 0 Å². The molecule has 1 saturated heterocycles. The highest BCUT2D eigenvalue weighted by Gasteiger charge is 2.48. The number of carbonyl (C=O) groups excluding carboxylic acids is 1. The third-order valence-corrected chi connectivity index (χ3v) is 6.60. The largest absolute Gasteiger partial charge is 0.351 e. The lowest BCUT2D eigenvalue weighted by Crippen LogP contribution is -2.57. The van der Waals surface area contributed by atoms with Gasteiger partial charge in [0.25, 0.3) is 0 Å². The third kappa shape index (κ3) is 4.56. The van der Waals surface area contributed by atoms with Gasteiger partial charge >= 0.3 is 0 Å². The van der Waals surface area contributed by atoms with Gasteiger partial charge in [0.1, 0.15) is 5.82 Å². The number of hydrogen-bond donors (Lipinski definition) is 2. The van der Waals surface area contributed by atoms with Crippen molar-refractivity contribution in [2.75, 3.05) is 33.4 Å². The maximum Gasteiger partial charge on any atom is 0.241 e. The summed E-state index contributed by atoms with van der Waals surface area (Å²) in [4.78, 5) is 14.5. The molecule has 8 heteroatoms. The molecule has 140 valence electrons. The molecular weight excluding hydrogens is 345 g/mol. The molecule has 1 aromatic carbocycles. The fourth-order valence-corrected chi connectivity index (χ4v) is 4.49. The van der Waals surface area contributed by atoms with Crippen molar-refractivity contribution in [2.45, 2.75) is 30.7 Å². The van der Waals surface area contributed by atoms with Crippen molar-refractivity contribution in [3.05, 3.63) is 35.1 Å². The van der Waals surface area contributed by atoms with Crippen LogP contribution in [0.4, 0.5) is 4.39 Å². The maximum atomic E-state index is 13.8. The zero-order chi connectivity index (χ0) is 18.7. The van der Waals surface area contributed by atoms with E-state index in [0.717, 1.165) is 11.8 Å². The van der Waals surface area contributed by atoms with Crippen LogP contribution in [0.2, 0.25) is 0 Å². The van der Waals surface area contributed by atoms with E-state index in [9.17, 15) is 17.6 Å². The molecule has 1 heterocycles.